The van der Waals surface area contributed by atoms with Crippen molar-refractivity contribution in [2.75, 3.05) is 26.4 Å². The van der Waals surface area contributed by atoms with Crippen LogP contribution >= 0.6 is 0 Å². The van der Waals surface area contributed by atoms with Crippen LogP contribution < -0.4 is 0 Å². The van der Waals surface area contributed by atoms with Crippen molar-refractivity contribution < 1.29 is 84.1 Å². The molecule has 204 valence electrons. The number of alkyl halides is 17. The molecule has 19 heteroatoms. The largest absolute Gasteiger partial charge is 0.460 e. The second-order valence-corrected chi connectivity index (χ2v) is 7.75. The molecule has 1 aliphatic heterocycles. The Morgan fingerprint density at radius 3 is 1.26 bits per heavy atom. The lowest BCUT2D eigenvalue weighted by atomic mass is 9.88. The fraction of sp³-hybridized carbons (Fsp3) is 1.00. The third-order valence-electron chi connectivity index (χ3n) is 4.70. The molecular weight excluding hydrogens is 535 g/mol. The average molecular weight is 548 g/mol. The summed E-state index contributed by atoms with van der Waals surface area (Å²) in [6.45, 7) is -0.737. The number of hydrogen-bond acceptors (Lipinski definition) is 2. The fourth-order valence-corrected chi connectivity index (χ4v) is 2.41. The maximum atomic E-state index is 13.6. The molecule has 0 aromatic heterocycles. The first kappa shape index (κ1) is 30.8. The van der Waals surface area contributed by atoms with E-state index in [1.54, 1.807) is 0 Å². The zero-order valence-electron chi connectivity index (χ0n) is 16.3. The topological polar surface area (TPSA) is 18.5 Å². The first-order valence-electron chi connectivity index (χ1n) is 8.53. The summed E-state index contributed by atoms with van der Waals surface area (Å²) in [6, 6.07) is 0. The van der Waals surface area contributed by atoms with Crippen molar-refractivity contribution in [2.45, 2.75) is 61.0 Å². The van der Waals surface area contributed by atoms with Crippen LogP contribution in [0.3, 0.4) is 0 Å². The molecule has 0 aromatic carbocycles. The molecule has 0 atom stereocenters. The van der Waals surface area contributed by atoms with Crippen LogP contribution in [0, 0.1) is 5.41 Å². The zero-order chi connectivity index (χ0) is 27.4. The second-order valence-electron chi connectivity index (χ2n) is 7.75. The van der Waals surface area contributed by atoms with Gasteiger partial charge in [-0.3, -0.25) is 0 Å². The van der Waals surface area contributed by atoms with Crippen molar-refractivity contribution in [3.63, 3.8) is 0 Å². The van der Waals surface area contributed by atoms with Gasteiger partial charge in [-0.2, -0.15) is 74.6 Å². The smallest absolute Gasteiger partial charge is 0.380 e. The summed E-state index contributed by atoms with van der Waals surface area (Å²) < 4.78 is 232. The van der Waals surface area contributed by atoms with Crippen LogP contribution in [-0.4, -0.2) is 74.1 Å². The SMILES string of the molecule is CC1(COCCC(F)(F)C(F)(F)C(F)(F)C(F)(F)C(F)(F)C(F)(F)C(F)(F)C(F)(F)F)COC1. The lowest BCUT2D eigenvalue weighted by Crippen LogP contribution is -2.74. The molecule has 0 unspecified atom stereocenters. The molecule has 0 bridgehead atoms. The highest BCUT2D eigenvalue weighted by atomic mass is 19.4. The van der Waals surface area contributed by atoms with E-state index >= 15 is 0 Å². The summed E-state index contributed by atoms with van der Waals surface area (Å²) in [5.74, 6) is -56.2. The summed E-state index contributed by atoms with van der Waals surface area (Å²) in [6.07, 6.45) is -10.4. The Labute approximate surface area is 178 Å². The van der Waals surface area contributed by atoms with Crippen LogP contribution in [0.4, 0.5) is 74.6 Å². The van der Waals surface area contributed by atoms with Gasteiger partial charge in [0.15, 0.2) is 0 Å². The predicted molar refractivity (Wildman–Crippen MR) is 75.0 cm³/mol. The minimum Gasteiger partial charge on any atom is -0.380 e. The second kappa shape index (κ2) is 8.40. The number of hydrogen-bond donors (Lipinski definition) is 0. The Morgan fingerprint density at radius 1 is 0.588 bits per heavy atom. The van der Waals surface area contributed by atoms with Gasteiger partial charge in [-0.1, -0.05) is 6.92 Å². The van der Waals surface area contributed by atoms with E-state index in [2.05, 4.69) is 9.47 Å². The summed E-state index contributed by atoms with van der Waals surface area (Å²) in [5.41, 5.74) is -0.827. The van der Waals surface area contributed by atoms with E-state index in [0.29, 0.717) is 0 Å². The predicted octanol–water partition coefficient (Wildman–Crippen LogP) is 6.44. The molecule has 0 aromatic rings. The maximum Gasteiger partial charge on any atom is 0.460 e. The lowest BCUT2D eigenvalue weighted by molar-refractivity contribution is -0.462. The van der Waals surface area contributed by atoms with Crippen LogP contribution in [0.1, 0.15) is 13.3 Å². The lowest BCUT2D eigenvalue weighted by Gasteiger charge is -2.43. The summed E-state index contributed by atoms with van der Waals surface area (Å²) in [5, 5.41) is 0. The zero-order valence-corrected chi connectivity index (χ0v) is 16.3. The monoisotopic (exact) mass is 548 g/mol. The summed E-state index contributed by atoms with van der Waals surface area (Å²) >= 11 is 0. The number of ether oxygens (including phenoxy) is 2. The van der Waals surface area contributed by atoms with E-state index in [1.165, 1.54) is 6.92 Å². The molecule has 0 aliphatic carbocycles. The van der Waals surface area contributed by atoms with Crippen LogP contribution in [0.5, 0.6) is 0 Å². The minimum atomic E-state index is -8.61. The third kappa shape index (κ3) is 4.38. The number of rotatable bonds is 11. The maximum absolute atomic E-state index is 13.6. The molecular formula is C15H13F17O2. The van der Waals surface area contributed by atoms with E-state index in [-0.39, 0.29) is 13.2 Å². The van der Waals surface area contributed by atoms with Crippen LogP contribution in [-0.2, 0) is 9.47 Å². The van der Waals surface area contributed by atoms with Crippen LogP contribution in [0.25, 0.3) is 0 Å². The van der Waals surface area contributed by atoms with E-state index in [9.17, 15) is 74.6 Å². The van der Waals surface area contributed by atoms with Gasteiger partial charge in [-0.15, -0.1) is 0 Å². The van der Waals surface area contributed by atoms with Crippen LogP contribution in [0.2, 0.25) is 0 Å². The van der Waals surface area contributed by atoms with Crippen molar-refractivity contribution in [1.29, 1.82) is 0 Å². The average Bonchev–Trinajstić information content (AvgIpc) is 2.61. The van der Waals surface area contributed by atoms with E-state index < -0.39 is 72.7 Å². The molecule has 0 N–H and O–H groups in total. The highest BCUT2D eigenvalue weighted by Gasteiger charge is 2.95. The van der Waals surface area contributed by atoms with E-state index in [4.69, 9.17) is 0 Å². The third-order valence-corrected chi connectivity index (χ3v) is 4.70. The molecule has 0 spiro atoms. The molecule has 1 aliphatic rings. The Kier molecular flexibility index (Phi) is 7.60. The molecule has 0 radical (unpaired) electrons. The molecule has 0 amide bonds. The van der Waals surface area contributed by atoms with Crippen molar-refractivity contribution in [2.24, 2.45) is 5.41 Å². The van der Waals surface area contributed by atoms with Gasteiger partial charge in [0.1, 0.15) is 0 Å². The quantitative estimate of drug-likeness (QED) is 0.219. The Balaban J connectivity index is 3.25. The van der Waals surface area contributed by atoms with Crippen molar-refractivity contribution >= 4 is 0 Å². The minimum absolute atomic E-state index is 0.0182. The molecule has 0 saturated carbocycles. The molecule has 2 nitrogen and oxygen atoms in total. The molecule has 34 heavy (non-hydrogen) atoms. The van der Waals surface area contributed by atoms with Gasteiger partial charge in [-0.05, 0) is 0 Å². The fourth-order valence-electron chi connectivity index (χ4n) is 2.41. The Hall–Kier alpha value is -1.27. The molecule has 1 saturated heterocycles. The summed E-state index contributed by atoms with van der Waals surface area (Å²) in [4.78, 5) is 0. The van der Waals surface area contributed by atoms with Gasteiger partial charge < -0.3 is 9.47 Å². The van der Waals surface area contributed by atoms with Gasteiger partial charge in [0.05, 0.1) is 26.4 Å². The number of halogens is 17. The molecule has 1 heterocycles. The Bertz CT molecular complexity index is 723. The van der Waals surface area contributed by atoms with Gasteiger partial charge in [0, 0.05) is 11.8 Å². The summed E-state index contributed by atoms with van der Waals surface area (Å²) in [7, 11) is 0. The van der Waals surface area contributed by atoms with Crippen molar-refractivity contribution in [1.82, 2.24) is 0 Å². The Morgan fingerprint density at radius 2 is 0.941 bits per heavy atom. The standard InChI is InChI=1S/C15H13F17O2/c1-7(5-34-6-7)4-33-3-2-8(16,17)9(18,19)10(20,21)11(22,23)12(24,25)13(26,27)14(28,29)15(30,31)32/h2-6H2,1H3. The van der Waals surface area contributed by atoms with E-state index in [0.717, 1.165) is 0 Å². The van der Waals surface area contributed by atoms with Gasteiger partial charge in [0.25, 0.3) is 0 Å². The molecule has 1 fully saturated rings. The van der Waals surface area contributed by atoms with Gasteiger partial charge in [-0.25, -0.2) is 0 Å². The van der Waals surface area contributed by atoms with Gasteiger partial charge in [0.2, 0.25) is 0 Å². The van der Waals surface area contributed by atoms with Crippen LogP contribution in [0.15, 0.2) is 0 Å². The first-order chi connectivity index (χ1) is 14.7. The normalized spacial score (nSPS) is 19.2. The van der Waals surface area contributed by atoms with Gasteiger partial charge >= 0.3 is 47.6 Å². The highest BCUT2D eigenvalue weighted by molar-refractivity contribution is 5.15. The highest BCUT2D eigenvalue weighted by Crippen LogP contribution is 2.64. The molecule has 1 rings (SSSR count). The van der Waals surface area contributed by atoms with Crippen molar-refractivity contribution in [3.05, 3.63) is 0 Å². The van der Waals surface area contributed by atoms with E-state index in [1.807, 2.05) is 0 Å². The van der Waals surface area contributed by atoms with Crippen molar-refractivity contribution in [3.8, 4) is 0 Å². The first-order valence-corrected chi connectivity index (χ1v) is 8.53.